The standard InChI is InChI=1S/C66H48N2/c1-7-20-45(21-8-1)50-30-19-33-56(38-50)68-64-37-35-52(40-60(64)62-44-54(47-24-11-3-12-25-47)42-58(66(62)68)49-28-15-5-16-29-49)51-34-36-63-59(39-51)61-43-53(46-22-9-2-10-23-46)41-57(48-26-13-4-14-27-48)65(61)67(63)55-31-17-6-18-32-55/h1-11,13-24,26-42,44,61H,12,25,43H2. The van der Waals surface area contributed by atoms with Crippen molar-refractivity contribution in [1.82, 2.24) is 4.57 Å². The van der Waals surface area contributed by atoms with E-state index < -0.39 is 0 Å². The predicted octanol–water partition coefficient (Wildman–Crippen LogP) is 17.7. The van der Waals surface area contributed by atoms with Gasteiger partial charge in [0.05, 0.1) is 11.0 Å². The molecule has 0 bridgehead atoms. The summed E-state index contributed by atoms with van der Waals surface area (Å²) in [7, 11) is 0. The Hall–Kier alpha value is -8.46. The summed E-state index contributed by atoms with van der Waals surface area (Å²) in [4.78, 5) is 2.53. The van der Waals surface area contributed by atoms with Gasteiger partial charge in [0.2, 0.25) is 0 Å². The summed E-state index contributed by atoms with van der Waals surface area (Å²) in [5.74, 6) is 0.164. The predicted molar refractivity (Wildman–Crippen MR) is 287 cm³/mol. The third-order valence-corrected chi connectivity index (χ3v) is 14.4. The molecule has 2 heterocycles. The van der Waals surface area contributed by atoms with Crippen LogP contribution in [0.5, 0.6) is 0 Å². The summed E-state index contributed by atoms with van der Waals surface area (Å²) in [5.41, 5.74) is 23.8. The molecular formula is C66H48N2. The van der Waals surface area contributed by atoms with Crippen molar-refractivity contribution in [3.8, 4) is 39.1 Å². The Morgan fingerprint density at radius 3 is 1.75 bits per heavy atom. The van der Waals surface area contributed by atoms with Crippen molar-refractivity contribution >= 4 is 49.9 Å². The minimum absolute atomic E-state index is 0.164. The maximum Gasteiger partial charge on any atom is 0.0619 e. The Balaban J connectivity index is 1.04. The number of nitrogens with zero attached hydrogens (tertiary/aromatic N) is 2. The smallest absolute Gasteiger partial charge is 0.0619 e. The first-order chi connectivity index (χ1) is 33.7. The van der Waals surface area contributed by atoms with Gasteiger partial charge >= 0.3 is 0 Å². The van der Waals surface area contributed by atoms with Gasteiger partial charge in [-0.1, -0.05) is 182 Å². The molecule has 1 aromatic heterocycles. The summed E-state index contributed by atoms with van der Waals surface area (Å²) in [6, 6.07) is 83.0. The minimum Gasteiger partial charge on any atom is -0.313 e. The second kappa shape index (κ2) is 16.8. The molecule has 68 heavy (non-hydrogen) atoms. The van der Waals surface area contributed by atoms with E-state index in [1.165, 1.54) is 111 Å². The van der Waals surface area contributed by atoms with Crippen molar-refractivity contribution in [2.24, 2.45) is 0 Å². The second-order valence-electron chi connectivity index (χ2n) is 18.3. The van der Waals surface area contributed by atoms with Gasteiger partial charge in [-0.05, 0) is 147 Å². The van der Waals surface area contributed by atoms with Crippen molar-refractivity contribution in [3.05, 3.63) is 277 Å². The average molecular weight is 869 g/mol. The Morgan fingerprint density at radius 1 is 0.426 bits per heavy atom. The molecule has 9 aromatic carbocycles. The lowest BCUT2D eigenvalue weighted by Crippen LogP contribution is -2.18. The van der Waals surface area contributed by atoms with Crippen LogP contribution in [0.15, 0.2) is 254 Å². The quantitative estimate of drug-likeness (QED) is 0.148. The lowest BCUT2D eigenvalue weighted by atomic mass is 9.80. The molecular weight excluding hydrogens is 821 g/mol. The van der Waals surface area contributed by atoms with E-state index >= 15 is 0 Å². The van der Waals surface area contributed by atoms with E-state index in [4.69, 9.17) is 0 Å². The molecule has 0 N–H and O–H groups in total. The molecule has 2 nitrogen and oxygen atoms in total. The minimum atomic E-state index is 0.164. The van der Waals surface area contributed by atoms with Crippen molar-refractivity contribution in [3.63, 3.8) is 0 Å². The Labute approximate surface area is 398 Å². The number of para-hydroxylation sites is 1. The highest BCUT2D eigenvalue weighted by molar-refractivity contribution is 6.16. The monoisotopic (exact) mass is 868 g/mol. The zero-order valence-electron chi connectivity index (χ0n) is 37.8. The molecule has 10 aromatic rings. The van der Waals surface area contributed by atoms with E-state index in [1.54, 1.807) is 0 Å². The third-order valence-electron chi connectivity index (χ3n) is 14.4. The van der Waals surface area contributed by atoms with Crippen LogP contribution in [0.1, 0.15) is 47.4 Å². The molecule has 1 atom stereocenters. The van der Waals surface area contributed by atoms with Crippen LogP contribution in [0.4, 0.5) is 11.4 Å². The Kier molecular flexibility index (Phi) is 9.83. The Morgan fingerprint density at radius 2 is 1.03 bits per heavy atom. The fourth-order valence-electron chi connectivity index (χ4n) is 11.2. The van der Waals surface area contributed by atoms with E-state index in [2.05, 4.69) is 258 Å². The number of allylic oxidation sites excluding steroid dienone is 8. The maximum atomic E-state index is 2.53. The van der Waals surface area contributed by atoms with Crippen LogP contribution < -0.4 is 4.90 Å². The van der Waals surface area contributed by atoms with Crippen LogP contribution >= 0.6 is 0 Å². The SMILES string of the molecule is C1=CCCC(c2cc(-c3ccccc3)c3c(c2)c2cc(-c4ccc5c(c4)C4CC(c6ccccc6)=CC(c6ccccc6)=C4N5c4ccccc4)ccc2n3-c2cccc(-c3ccccc3)c2)=C1. The molecule has 0 saturated heterocycles. The highest BCUT2D eigenvalue weighted by atomic mass is 15.2. The first-order valence-corrected chi connectivity index (χ1v) is 24.0. The molecule has 3 aliphatic rings. The van der Waals surface area contributed by atoms with Gasteiger partial charge in [0, 0.05) is 50.6 Å². The topological polar surface area (TPSA) is 8.17 Å². The molecule has 322 valence electrons. The summed E-state index contributed by atoms with van der Waals surface area (Å²) >= 11 is 0. The molecule has 0 amide bonds. The number of hydrogen-bond acceptors (Lipinski definition) is 1. The number of hydrogen-bond donors (Lipinski definition) is 0. The van der Waals surface area contributed by atoms with Gasteiger partial charge < -0.3 is 9.47 Å². The van der Waals surface area contributed by atoms with Crippen molar-refractivity contribution < 1.29 is 0 Å². The molecule has 0 radical (unpaired) electrons. The highest BCUT2D eigenvalue weighted by Crippen LogP contribution is 2.57. The largest absolute Gasteiger partial charge is 0.313 e. The fraction of sp³-hybridized carbons (Fsp3) is 0.0606. The molecule has 13 rings (SSSR count). The van der Waals surface area contributed by atoms with Crippen LogP contribution in [0.25, 0.3) is 77.6 Å². The van der Waals surface area contributed by atoms with E-state index in [0.717, 1.165) is 24.9 Å². The van der Waals surface area contributed by atoms with Crippen LogP contribution in [0.2, 0.25) is 0 Å². The Bertz CT molecular complexity index is 3670. The maximum absolute atomic E-state index is 2.53. The first kappa shape index (κ1) is 39.9. The lowest BCUT2D eigenvalue weighted by molar-refractivity contribution is 0.837. The summed E-state index contributed by atoms with van der Waals surface area (Å²) in [6.45, 7) is 0. The third kappa shape index (κ3) is 6.88. The second-order valence-corrected chi connectivity index (χ2v) is 18.3. The first-order valence-electron chi connectivity index (χ1n) is 24.0. The summed E-state index contributed by atoms with van der Waals surface area (Å²) in [5, 5.41) is 2.51. The summed E-state index contributed by atoms with van der Waals surface area (Å²) < 4.78 is 2.52. The number of rotatable bonds is 8. The number of fused-ring (bicyclic) bond motifs is 6. The number of aromatic nitrogens is 1. The van der Waals surface area contributed by atoms with Gasteiger partial charge in [-0.15, -0.1) is 0 Å². The zero-order valence-corrected chi connectivity index (χ0v) is 37.8. The van der Waals surface area contributed by atoms with Crippen LogP contribution in [-0.2, 0) is 0 Å². The molecule has 2 aliphatic carbocycles. The van der Waals surface area contributed by atoms with Crippen LogP contribution in [-0.4, -0.2) is 4.57 Å². The van der Waals surface area contributed by atoms with E-state index in [0.29, 0.717) is 0 Å². The zero-order chi connectivity index (χ0) is 45.0. The number of benzene rings is 9. The van der Waals surface area contributed by atoms with Crippen molar-refractivity contribution in [2.45, 2.75) is 25.2 Å². The highest BCUT2D eigenvalue weighted by Gasteiger charge is 2.40. The molecule has 0 spiro atoms. The molecule has 1 unspecified atom stereocenters. The molecule has 0 saturated carbocycles. The lowest BCUT2D eigenvalue weighted by Gasteiger charge is -2.30. The van der Waals surface area contributed by atoms with E-state index in [9.17, 15) is 0 Å². The van der Waals surface area contributed by atoms with Gasteiger partial charge in [-0.2, -0.15) is 0 Å². The fourth-order valence-corrected chi connectivity index (χ4v) is 11.2. The van der Waals surface area contributed by atoms with Gasteiger partial charge in [-0.25, -0.2) is 0 Å². The average Bonchev–Trinajstić information content (AvgIpc) is 3.94. The van der Waals surface area contributed by atoms with Crippen molar-refractivity contribution in [1.29, 1.82) is 0 Å². The van der Waals surface area contributed by atoms with Gasteiger partial charge in [0.15, 0.2) is 0 Å². The molecule has 1 aliphatic heterocycles. The van der Waals surface area contributed by atoms with Crippen molar-refractivity contribution in [2.75, 3.05) is 4.90 Å². The summed E-state index contributed by atoms with van der Waals surface area (Å²) in [6.07, 6.45) is 12.3. The van der Waals surface area contributed by atoms with Gasteiger partial charge in [0.1, 0.15) is 0 Å². The van der Waals surface area contributed by atoms with E-state index in [-0.39, 0.29) is 5.92 Å². The molecule has 0 fully saturated rings. The normalized spacial score (nSPS) is 15.4. The van der Waals surface area contributed by atoms with Gasteiger partial charge in [0.25, 0.3) is 0 Å². The van der Waals surface area contributed by atoms with Crippen LogP contribution in [0.3, 0.4) is 0 Å². The van der Waals surface area contributed by atoms with Gasteiger partial charge in [-0.3, -0.25) is 0 Å². The van der Waals surface area contributed by atoms with Crippen LogP contribution in [0, 0.1) is 0 Å². The van der Waals surface area contributed by atoms with E-state index in [1.807, 2.05) is 0 Å². The molecule has 2 heteroatoms. The number of anilines is 2.